The molecule has 0 N–H and O–H groups in total. The lowest BCUT2D eigenvalue weighted by Gasteiger charge is -2.23. The number of hydrogen-bond donors (Lipinski definition) is 0. The zero-order valence-electron chi connectivity index (χ0n) is 30.2. The highest BCUT2D eigenvalue weighted by molar-refractivity contribution is 6.10. The van der Waals surface area contributed by atoms with Crippen LogP contribution in [0.4, 0.5) is 11.4 Å². The number of nitrogens with zero attached hydrogens (tertiary/aromatic N) is 6. The van der Waals surface area contributed by atoms with E-state index in [9.17, 15) is 0 Å². The Bertz CT molecular complexity index is 2140. The summed E-state index contributed by atoms with van der Waals surface area (Å²) in [5, 5.41) is 2.34. The second-order valence-corrected chi connectivity index (χ2v) is 14.2. The largest absolute Gasteiger partial charge is 0.435 e. The van der Waals surface area contributed by atoms with Crippen molar-refractivity contribution in [1.29, 1.82) is 0 Å². The van der Waals surface area contributed by atoms with Gasteiger partial charge in [-0.15, -0.1) is 0 Å². The first kappa shape index (κ1) is 33.6. The molecule has 0 saturated carbocycles. The van der Waals surface area contributed by atoms with Crippen LogP contribution in [0.3, 0.4) is 0 Å². The van der Waals surface area contributed by atoms with Gasteiger partial charge in [0.2, 0.25) is 5.71 Å². The molecule has 0 unspecified atom stereocenters. The summed E-state index contributed by atoms with van der Waals surface area (Å²) < 4.78 is 6.55. The number of fused-ring (bicyclic) bond motifs is 3. The van der Waals surface area contributed by atoms with E-state index in [1.807, 2.05) is 19.2 Å². The molecule has 0 radical (unpaired) electrons. The average Bonchev–Trinajstić information content (AvgIpc) is 3.95. The van der Waals surface area contributed by atoms with Crippen LogP contribution in [-0.4, -0.2) is 46.2 Å². The van der Waals surface area contributed by atoms with Crippen molar-refractivity contribution in [2.24, 2.45) is 0 Å². The molecular weight excluding hydrogens is 641 g/mol. The third-order valence-electron chi connectivity index (χ3n) is 10.4. The molecule has 3 aromatic carbocycles. The SMILES string of the molecule is Cc1ccc2c(n1)oc1c(N3C=CN(CCCCN4C=CN(c5ccccc5)C4)C3)ccc(CCCCCCc3ccc(-c4ccccc4)nc3)c12. The number of hydrogen-bond acceptors (Lipinski definition) is 7. The van der Waals surface area contributed by atoms with E-state index in [-0.39, 0.29) is 0 Å². The van der Waals surface area contributed by atoms with Crippen LogP contribution in [0.1, 0.15) is 55.3 Å². The Morgan fingerprint density at radius 2 is 1.35 bits per heavy atom. The van der Waals surface area contributed by atoms with Crippen molar-refractivity contribution in [3.63, 3.8) is 0 Å². The van der Waals surface area contributed by atoms with Gasteiger partial charge in [0.05, 0.1) is 24.7 Å². The summed E-state index contributed by atoms with van der Waals surface area (Å²) >= 11 is 0. The van der Waals surface area contributed by atoms with Crippen LogP contribution in [0.5, 0.6) is 0 Å². The second kappa shape index (κ2) is 15.8. The predicted molar refractivity (Wildman–Crippen MR) is 214 cm³/mol. The highest BCUT2D eigenvalue weighted by Crippen LogP contribution is 2.38. The molecule has 2 aliphatic rings. The number of rotatable bonds is 15. The lowest BCUT2D eigenvalue weighted by Crippen LogP contribution is -2.28. The van der Waals surface area contributed by atoms with Gasteiger partial charge in [0, 0.05) is 71.8 Å². The van der Waals surface area contributed by atoms with Crippen molar-refractivity contribution in [1.82, 2.24) is 19.8 Å². The van der Waals surface area contributed by atoms with Gasteiger partial charge in [-0.1, -0.05) is 73.5 Å². The molecule has 52 heavy (non-hydrogen) atoms. The van der Waals surface area contributed by atoms with E-state index in [1.54, 1.807) is 0 Å². The van der Waals surface area contributed by atoms with Gasteiger partial charge in [-0.3, -0.25) is 4.98 Å². The first-order chi connectivity index (χ1) is 25.7. The van der Waals surface area contributed by atoms with Gasteiger partial charge in [-0.2, -0.15) is 0 Å². The molecule has 5 heterocycles. The van der Waals surface area contributed by atoms with Crippen LogP contribution < -0.4 is 9.80 Å². The van der Waals surface area contributed by atoms with Crippen molar-refractivity contribution >= 4 is 33.4 Å². The summed E-state index contributed by atoms with van der Waals surface area (Å²) in [5.74, 6) is 0. The molecule has 0 saturated heterocycles. The van der Waals surface area contributed by atoms with Crippen molar-refractivity contribution in [2.45, 2.75) is 58.3 Å². The Morgan fingerprint density at radius 1 is 0.635 bits per heavy atom. The molecule has 0 spiro atoms. The molecule has 7 heteroatoms. The van der Waals surface area contributed by atoms with E-state index in [1.165, 1.54) is 47.0 Å². The molecule has 0 fully saturated rings. The van der Waals surface area contributed by atoms with Crippen LogP contribution in [0.15, 0.2) is 132 Å². The zero-order valence-corrected chi connectivity index (χ0v) is 30.2. The van der Waals surface area contributed by atoms with Gasteiger partial charge in [0.15, 0.2) is 5.58 Å². The smallest absolute Gasteiger partial charge is 0.227 e. The average molecular weight is 689 g/mol. The maximum atomic E-state index is 6.55. The van der Waals surface area contributed by atoms with Crippen LogP contribution in [0.25, 0.3) is 33.3 Å². The van der Waals surface area contributed by atoms with E-state index in [4.69, 9.17) is 14.4 Å². The van der Waals surface area contributed by atoms with E-state index in [0.717, 1.165) is 92.3 Å². The minimum atomic E-state index is 0.734. The van der Waals surface area contributed by atoms with E-state index >= 15 is 0 Å². The van der Waals surface area contributed by atoms with Gasteiger partial charge >= 0.3 is 0 Å². The molecular formula is C45H48N6O. The van der Waals surface area contributed by atoms with Gasteiger partial charge in [0.1, 0.15) is 0 Å². The first-order valence-corrected chi connectivity index (χ1v) is 18.9. The maximum Gasteiger partial charge on any atom is 0.227 e. The van der Waals surface area contributed by atoms with Gasteiger partial charge in [-0.05, 0) is 93.0 Å². The zero-order chi connectivity index (χ0) is 35.1. The summed E-state index contributed by atoms with van der Waals surface area (Å²) in [5.41, 5.74) is 9.89. The summed E-state index contributed by atoms with van der Waals surface area (Å²) in [6, 6.07) is 34.2. The molecule has 8 rings (SSSR count). The van der Waals surface area contributed by atoms with Crippen LogP contribution >= 0.6 is 0 Å². The molecule has 264 valence electrons. The maximum absolute atomic E-state index is 6.55. The monoisotopic (exact) mass is 688 g/mol. The molecule has 0 aliphatic carbocycles. The van der Waals surface area contributed by atoms with Crippen LogP contribution in [0, 0.1) is 6.92 Å². The fourth-order valence-corrected chi connectivity index (χ4v) is 7.49. The molecule has 0 amide bonds. The molecule has 3 aromatic heterocycles. The fraction of sp³-hybridized carbons (Fsp3) is 0.289. The number of aryl methyl sites for hydroxylation is 3. The van der Waals surface area contributed by atoms with E-state index in [0.29, 0.717) is 0 Å². The highest BCUT2D eigenvalue weighted by Gasteiger charge is 2.22. The minimum Gasteiger partial charge on any atom is -0.435 e. The topological polar surface area (TPSA) is 51.9 Å². The van der Waals surface area contributed by atoms with Crippen molar-refractivity contribution in [3.8, 4) is 11.3 Å². The second-order valence-electron chi connectivity index (χ2n) is 14.2. The Labute approximate surface area is 307 Å². The lowest BCUT2D eigenvalue weighted by atomic mass is 9.99. The summed E-state index contributed by atoms with van der Waals surface area (Å²) in [4.78, 5) is 18.9. The number of unbranched alkanes of at least 4 members (excludes halogenated alkanes) is 4. The fourth-order valence-electron chi connectivity index (χ4n) is 7.49. The summed E-state index contributed by atoms with van der Waals surface area (Å²) in [6.07, 6.45) is 20.0. The standard InChI is InChI=1S/C45H48N6O/c1-35-20-23-40-43-38(17-7-3-2-6-14-36-21-24-41(46-32-36)37-15-8-4-9-16-37)22-25-42(44(43)52-45(40)47-35)51-31-29-49(34-51)27-13-12-26-48-28-30-50(33-48)39-18-10-5-11-19-39/h4-5,8-11,15-16,18-25,28-32H,2-3,6-7,12-14,17,26-27,33-34H2,1H3. The van der Waals surface area contributed by atoms with Gasteiger partial charge in [0.25, 0.3) is 0 Å². The van der Waals surface area contributed by atoms with E-state index < -0.39 is 0 Å². The third kappa shape index (κ3) is 7.69. The van der Waals surface area contributed by atoms with Crippen LogP contribution in [-0.2, 0) is 12.8 Å². The van der Waals surface area contributed by atoms with Crippen molar-refractivity contribution in [3.05, 3.63) is 145 Å². The Morgan fingerprint density at radius 3 is 2.10 bits per heavy atom. The van der Waals surface area contributed by atoms with Gasteiger partial charge in [-0.25, -0.2) is 4.98 Å². The number of para-hydroxylation sites is 1. The first-order valence-electron chi connectivity index (χ1n) is 18.9. The third-order valence-corrected chi connectivity index (χ3v) is 10.4. The normalized spacial score (nSPS) is 14.2. The quantitative estimate of drug-likeness (QED) is 0.0996. The summed E-state index contributed by atoms with van der Waals surface area (Å²) in [6.45, 7) is 5.87. The summed E-state index contributed by atoms with van der Waals surface area (Å²) in [7, 11) is 0. The van der Waals surface area contributed by atoms with Crippen molar-refractivity contribution in [2.75, 3.05) is 36.2 Å². The lowest BCUT2D eigenvalue weighted by molar-refractivity contribution is 0.354. The van der Waals surface area contributed by atoms with Gasteiger partial charge < -0.3 is 24.0 Å². The minimum absolute atomic E-state index is 0.734. The predicted octanol–water partition coefficient (Wildman–Crippen LogP) is 10.3. The molecule has 6 aromatic rings. The number of furan rings is 1. The Balaban J connectivity index is 0.836. The molecule has 2 aliphatic heterocycles. The number of benzene rings is 3. The number of anilines is 2. The molecule has 0 bridgehead atoms. The molecule has 0 atom stereocenters. The van der Waals surface area contributed by atoms with E-state index in [2.05, 4.69) is 135 Å². The Kier molecular flexibility index (Phi) is 10.2. The number of aromatic nitrogens is 2. The highest BCUT2D eigenvalue weighted by atomic mass is 16.3. The molecule has 7 nitrogen and oxygen atoms in total. The van der Waals surface area contributed by atoms with Crippen molar-refractivity contribution < 1.29 is 4.42 Å². The van der Waals surface area contributed by atoms with Crippen LogP contribution in [0.2, 0.25) is 0 Å². The Hall–Kier alpha value is -5.56. The number of pyridine rings is 2.